The normalized spacial score (nSPS) is 14.4. The van der Waals surface area contributed by atoms with E-state index in [9.17, 15) is 18.4 Å². The number of nitrogens with zero attached hydrogens (tertiary/aromatic N) is 8. The molecule has 4 heterocycles. The maximum absolute atomic E-state index is 13.6. The maximum Gasteiger partial charge on any atom is 0.232 e. The summed E-state index contributed by atoms with van der Waals surface area (Å²) in [6.45, 7) is 9.30. The Bertz CT molecular complexity index is 2680. The fraction of sp³-hybridized carbons (Fsp3) is 0.360. The van der Waals surface area contributed by atoms with Crippen molar-refractivity contribution in [2.75, 3.05) is 57.2 Å². The number of carbonyl (C=O) groups excluding carboxylic acids is 2. The minimum atomic E-state index is -0.889. The van der Waals surface area contributed by atoms with Crippen LogP contribution in [0.1, 0.15) is 73.8 Å². The van der Waals surface area contributed by atoms with Gasteiger partial charge in [-0.1, -0.05) is 55.5 Å². The van der Waals surface area contributed by atoms with Crippen molar-refractivity contribution in [2.24, 2.45) is 0 Å². The summed E-state index contributed by atoms with van der Waals surface area (Å²) in [6.07, 6.45) is 3.87. The average Bonchev–Trinajstić information content (AvgIpc) is 3.35. The highest BCUT2D eigenvalue weighted by molar-refractivity contribution is 5.97. The third-order valence-corrected chi connectivity index (χ3v) is 11.8. The number of aryl methyl sites for hydroxylation is 2. The monoisotopic (exact) mass is 926 g/mol. The number of ether oxygens (including phenoxy) is 2. The zero-order valence-electron chi connectivity index (χ0n) is 38.5. The van der Waals surface area contributed by atoms with E-state index < -0.39 is 11.6 Å². The first-order valence-corrected chi connectivity index (χ1v) is 23.1. The molecule has 354 valence electrons. The Balaban J connectivity index is 0.794. The molecule has 2 aliphatic heterocycles. The van der Waals surface area contributed by atoms with Crippen LogP contribution >= 0.6 is 0 Å². The van der Waals surface area contributed by atoms with E-state index in [0.29, 0.717) is 103 Å². The van der Waals surface area contributed by atoms with Crippen molar-refractivity contribution in [1.29, 1.82) is 0 Å². The van der Waals surface area contributed by atoms with Crippen LogP contribution in [0.5, 0.6) is 0 Å². The summed E-state index contributed by atoms with van der Waals surface area (Å²) in [5.74, 6) is 0.728. The Labute approximate surface area is 394 Å². The number of aromatic nitrogens is 6. The molecule has 0 radical (unpaired) electrons. The topological polar surface area (TPSA) is 185 Å². The lowest BCUT2D eigenvalue weighted by atomic mass is 10.1. The highest BCUT2D eigenvalue weighted by Gasteiger charge is 2.25. The molecule has 16 nitrogen and oxygen atoms in total. The van der Waals surface area contributed by atoms with E-state index in [1.807, 2.05) is 56.3 Å². The van der Waals surface area contributed by atoms with Crippen LogP contribution in [0.3, 0.4) is 0 Å². The number of amides is 2. The lowest BCUT2D eigenvalue weighted by molar-refractivity contribution is -0.121. The molecule has 0 spiro atoms. The van der Waals surface area contributed by atoms with Gasteiger partial charge in [0.25, 0.3) is 0 Å². The van der Waals surface area contributed by atoms with Gasteiger partial charge in [0.15, 0.2) is 11.6 Å². The molecule has 2 aliphatic rings. The molecule has 4 aromatic carbocycles. The number of nitrogens with one attached hydrogen (secondary N) is 4. The van der Waals surface area contributed by atoms with E-state index in [4.69, 9.17) is 24.4 Å². The number of piperidine rings is 2. The van der Waals surface area contributed by atoms with Crippen molar-refractivity contribution in [3.8, 4) is 0 Å². The minimum absolute atomic E-state index is 0.0321. The fourth-order valence-corrected chi connectivity index (χ4v) is 8.00. The lowest BCUT2D eigenvalue weighted by Crippen LogP contribution is -2.38. The number of halogens is 2. The second kappa shape index (κ2) is 22.5. The van der Waals surface area contributed by atoms with Crippen molar-refractivity contribution in [1.82, 2.24) is 29.9 Å². The van der Waals surface area contributed by atoms with Gasteiger partial charge < -0.3 is 40.5 Å². The van der Waals surface area contributed by atoms with Gasteiger partial charge in [0.05, 0.1) is 25.4 Å². The van der Waals surface area contributed by atoms with Crippen molar-refractivity contribution in [2.45, 2.75) is 91.1 Å². The van der Waals surface area contributed by atoms with Gasteiger partial charge in [-0.2, -0.15) is 29.9 Å². The fourth-order valence-electron chi connectivity index (χ4n) is 8.00. The molecule has 6 aromatic rings. The molecule has 68 heavy (non-hydrogen) atoms. The van der Waals surface area contributed by atoms with Crippen molar-refractivity contribution in [3.63, 3.8) is 0 Å². The standard InChI is InChI=1S/C50H56F2N12O4/c1-4-44-59-48(62-50(60-44)64-26-22-38(23-27-64)67-30-34-10-6-5-7-11-34)56-37-13-8-12-36(29-37)55-45(65)18-19-46(66)57-42-14-9-15-43(32(42)2)58-47-53-33(3)54-49(61-47)63-24-20-39(21-25-63)68-31-35-16-17-40(51)41(52)28-35/h5-17,28-29,38-39H,4,18-27,30-31H2,1-3H3,(H,55,65)(H,57,66)(H,53,54,58,61)(H,56,59,60,62). The quantitative estimate of drug-likeness (QED) is 0.0642. The van der Waals surface area contributed by atoms with Gasteiger partial charge in [-0.05, 0) is 98.7 Å². The van der Waals surface area contributed by atoms with E-state index >= 15 is 0 Å². The molecule has 2 saturated heterocycles. The Hall–Kier alpha value is -7.18. The van der Waals surface area contributed by atoms with E-state index in [0.717, 1.165) is 49.2 Å². The maximum atomic E-state index is 13.6. The Kier molecular flexibility index (Phi) is 15.7. The van der Waals surface area contributed by atoms with Gasteiger partial charge >= 0.3 is 0 Å². The predicted octanol–water partition coefficient (Wildman–Crippen LogP) is 8.73. The van der Waals surface area contributed by atoms with Gasteiger partial charge in [0, 0.05) is 68.2 Å². The number of benzene rings is 4. The van der Waals surface area contributed by atoms with Crippen LogP contribution in [0.2, 0.25) is 0 Å². The van der Waals surface area contributed by atoms with Gasteiger partial charge in [-0.25, -0.2) is 8.78 Å². The second-order valence-corrected chi connectivity index (χ2v) is 16.9. The van der Waals surface area contributed by atoms with Crippen LogP contribution in [0.25, 0.3) is 0 Å². The van der Waals surface area contributed by atoms with E-state index in [1.165, 1.54) is 6.07 Å². The van der Waals surface area contributed by atoms with Gasteiger partial charge in [-0.3, -0.25) is 9.59 Å². The van der Waals surface area contributed by atoms with Crippen molar-refractivity contribution < 1.29 is 27.8 Å². The molecule has 2 aromatic heterocycles. The van der Waals surface area contributed by atoms with Crippen LogP contribution in [0.4, 0.5) is 55.3 Å². The first kappa shape index (κ1) is 47.3. The summed E-state index contributed by atoms with van der Waals surface area (Å²) in [7, 11) is 0. The average molecular weight is 927 g/mol. The van der Waals surface area contributed by atoms with E-state index in [2.05, 4.69) is 58.2 Å². The molecule has 4 N–H and O–H groups in total. The summed E-state index contributed by atoms with van der Waals surface area (Å²) < 4.78 is 39.1. The van der Waals surface area contributed by atoms with Crippen LogP contribution in [-0.2, 0) is 38.7 Å². The number of rotatable bonds is 18. The molecule has 18 heteroatoms. The second-order valence-electron chi connectivity index (χ2n) is 16.9. The zero-order valence-corrected chi connectivity index (χ0v) is 38.5. The minimum Gasteiger partial charge on any atom is -0.373 e. The Morgan fingerprint density at radius 1 is 0.603 bits per heavy atom. The van der Waals surface area contributed by atoms with Crippen LogP contribution in [0, 0.1) is 25.5 Å². The Morgan fingerprint density at radius 2 is 1.21 bits per heavy atom. The number of anilines is 8. The van der Waals surface area contributed by atoms with Crippen molar-refractivity contribution >= 4 is 58.4 Å². The largest absolute Gasteiger partial charge is 0.373 e. The third kappa shape index (κ3) is 13.0. The van der Waals surface area contributed by atoms with Crippen LogP contribution < -0.4 is 31.1 Å². The molecule has 0 unspecified atom stereocenters. The number of carbonyl (C=O) groups is 2. The highest BCUT2D eigenvalue weighted by Crippen LogP contribution is 2.28. The molecule has 0 atom stereocenters. The first-order chi connectivity index (χ1) is 33.0. The third-order valence-electron chi connectivity index (χ3n) is 11.8. The zero-order chi connectivity index (χ0) is 47.4. The summed E-state index contributed by atoms with van der Waals surface area (Å²) in [5, 5.41) is 12.4. The molecule has 8 rings (SSSR count). The summed E-state index contributed by atoms with van der Waals surface area (Å²) >= 11 is 0. The van der Waals surface area contributed by atoms with Gasteiger partial charge in [0.1, 0.15) is 11.6 Å². The molecular formula is C50H56F2N12O4. The molecular weight excluding hydrogens is 871 g/mol. The smallest absolute Gasteiger partial charge is 0.232 e. The van der Waals surface area contributed by atoms with E-state index in [-0.39, 0.29) is 43.5 Å². The van der Waals surface area contributed by atoms with Gasteiger partial charge in [0.2, 0.25) is 35.6 Å². The van der Waals surface area contributed by atoms with E-state index in [1.54, 1.807) is 25.1 Å². The van der Waals surface area contributed by atoms with Crippen LogP contribution in [-0.4, -0.2) is 80.1 Å². The van der Waals surface area contributed by atoms with Crippen LogP contribution in [0.15, 0.2) is 91.0 Å². The lowest BCUT2D eigenvalue weighted by Gasteiger charge is -2.32. The molecule has 0 aliphatic carbocycles. The SMILES string of the molecule is CCc1nc(Nc2cccc(NC(=O)CCC(=O)Nc3cccc(Nc4nc(C)nc(N5CCC(OCc6ccc(F)c(F)c6)CC5)n4)c3C)c2)nc(N2CCC(OCc3ccccc3)CC2)n1. The van der Waals surface area contributed by atoms with Gasteiger partial charge in [-0.15, -0.1) is 0 Å². The number of hydrogen-bond acceptors (Lipinski definition) is 14. The Morgan fingerprint density at radius 3 is 1.88 bits per heavy atom. The predicted molar refractivity (Wildman–Crippen MR) is 257 cm³/mol. The summed E-state index contributed by atoms with van der Waals surface area (Å²) in [4.78, 5) is 58.3. The summed E-state index contributed by atoms with van der Waals surface area (Å²) in [5.41, 5.74) is 5.03. The molecule has 2 amide bonds. The first-order valence-electron chi connectivity index (χ1n) is 23.1. The highest BCUT2D eigenvalue weighted by atomic mass is 19.2. The van der Waals surface area contributed by atoms with Crippen molar-refractivity contribution in [3.05, 3.63) is 131 Å². The molecule has 0 bridgehead atoms. The molecule has 0 saturated carbocycles. The molecule has 2 fully saturated rings. The number of hydrogen-bond donors (Lipinski definition) is 4. The summed E-state index contributed by atoms with van der Waals surface area (Å²) in [6, 6.07) is 26.7.